The van der Waals surface area contributed by atoms with Gasteiger partial charge in [-0.15, -0.1) is 10.2 Å². The van der Waals surface area contributed by atoms with Crippen LogP contribution in [0.1, 0.15) is 60.1 Å². The maximum absolute atomic E-state index is 12.5. The minimum atomic E-state index is -0.378. The lowest BCUT2D eigenvalue weighted by Crippen LogP contribution is -2.26. The van der Waals surface area contributed by atoms with Crippen molar-refractivity contribution in [2.75, 3.05) is 12.8 Å². The molecule has 3 aromatic rings. The number of nitrogens with one attached hydrogen (secondary N) is 1. The van der Waals surface area contributed by atoms with Crippen LogP contribution in [-0.4, -0.2) is 33.5 Å². The summed E-state index contributed by atoms with van der Waals surface area (Å²) >= 11 is 1.63. The summed E-state index contributed by atoms with van der Waals surface area (Å²) in [6.45, 7) is 2.38. The van der Waals surface area contributed by atoms with E-state index in [-0.39, 0.29) is 17.1 Å². The Bertz CT molecular complexity index is 1120. The number of nitrogens with zero attached hydrogens (tertiary/aromatic N) is 3. The van der Waals surface area contributed by atoms with Crippen LogP contribution >= 0.6 is 11.8 Å². The molecule has 2 heterocycles. The highest BCUT2D eigenvalue weighted by Gasteiger charge is 2.23. The van der Waals surface area contributed by atoms with Crippen LogP contribution in [0, 0.1) is 6.92 Å². The molecule has 0 bridgehead atoms. The zero-order valence-corrected chi connectivity index (χ0v) is 18.1. The third-order valence-corrected chi connectivity index (χ3v) is 6.22. The van der Waals surface area contributed by atoms with Crippen molar-refractivity contribution in [1.82, 2.24) is 20.1 Å². The molecule has 1 aromatic carbocycles. The number of aromatic nitrogens is 3. The maximum Gasteiger partial charge on any atom is 0.287 e. The smallest absolute Gasteiger partial charge is 0.287 e. The summed E-state index contributed by atoms with van der Waals surface area (Å²) in [5, 5.41) is 13.0. The van der Waals surface area contributed by atoms with E-state index in [1.54, 1.807) is 23.9 Å². The quantitative estimate of drug-likeness (QED) is 0.455. The molecule has 1 aliphatic rings. The van der Waals surface area contributed by atoms with Crippen molar-refractivity contribution in [3.63, 3.8) is 0 Å². The number of fused-ring (bicyclic) bond motifs is 1. The molecule has 0 radical (unpaired) electrons. The first-order chi connectivity index (χ1) is 14.6. The standard InChI is InChI=1S/C22H26N4O3S/c1-14-9-10-18-16(12-14)17(27)13-19(29-18)21(28)23-11-5-8-20-24-25-22(30-2)26(20)15-6-3-4-7-15/h9-10,12-13,15H,3-8,11H2,1-2H3,(H,23,28). The highest BCUT2D eigenvalue weighted by atomic mass is 32.2. The van der Waals surface area contributed by atoms with Crippen LogP contribution in [0.15, 0.2) is 38.6 Å². The second-order valence-electron chi connectivity index (χ2n) is 7.75. The summed E-state index contributed by atoms with van der Waals surface area (Å²) < 4.78 is 7.92. The van der Waals surface area contributed by atoms with Crippen LogP contribution in [0.5, 0.6) is 0 Å². The lowest BCUT2D eigenvalue weighted by molar-refractivity contribution is 0.0926. The molecule has 0 aliphatic heterocycles. The Hall–Kier alpha value is -2.61. The van der Waals surface area contributed by atoms with Gasteiger partial charge in [0.05, 0.1) is 5.39 Å². The summed E-state index contributed by atoms with van der Waals surface area (Å²) in [7, 11) is 0. The normalized spacial score (nSPS) is 14.5. The second kappa shape index (κ2) is 9.04. The fraction of sp³-hybridized carbons (Fsp3) is 0.455. The van der Waals surface area contributed by atoms with E-state index in [4.69, 9.17) is 4.42 Å². The Balaban J connectivity index is 1.38. The molecule has 1 saturated carbocycles. The first kappa shape index (κ1) is 20.7. The number of rotatable bonds is 7. The number of aryl methyl sites for hydroxylation is 2. The van der Waals surface area contributed by atoms with Gasteiger partial charge in [-0.3, -0.25) is 9.59 Å². The molecule has 2 aromatic heterocycles. The van der Waals surface area contributed by atoms with Crippen molar-refractivity contribution in [2.24, 2.45) is 0 Å². The molecule has 1 N–H and O–H groups in total. The van der Waals surface area contributed by atoms with Gasteiger partial charge in [0.15, 0.2) is 16.3 Å². The van der Waals surface area contributed by atoms with Gasteiger partial charge in [-0.1, -0.05) is 36.2 Å². The van der Waals surface area contributed by atoms with E-state index in [0.29, 0.717) is 23.6 Å². The van der Waals surface area contributed by atoms with Gasteiger partial charge in [-0.25, -0.2) is 0 Å². The summed E-state index contributed by atoms with van der Waals surface area (Å²) in [5.41, 5.74) is 1.19. The second-order valence-corrected chi connectivity index (χ2v) is 8.52. The van der Waals surface area contributed by atoms with Crippen molar-refractivity contribution < 1.29 is 9.21 Å². The van der Waals surface area contributed by atoms with Crippen molar-refractivity contribution in [3.8, 4) is 0 Å². The SMILES string of the molecule is CSc1nnc(CCCNC(=O)c2cc(=O)c3cc(C)ccc3o2)n1C1CCCC1. The van der Waals surface area contributed by atoms with Crippen molar-refractivity contribution in [2.45, 2.75) is 56.6 Å². The molecule has 8 heteroatoms. The number of hydrogen-bond donors (Lipinski definition) is 1. The molecular weight excluding hydrogens is 400 g/mol. The van der Waals surface area contributed by atoms with Crippen molar-refractivity contribution >= 4 is 28.6 Å². The van der Waals surface area contributed by atoms with E-state index in [9.17, 15) is 9.59 Å². The average molecular weight is 427 g/mol. The van der Waals surface area contributed by atoms with Gasteiger partial charge in [0.2, 0.25) is 0 Å². The molecule has 0 atom stereocenters. The van der Waals surface area contributed by atoms with Gasteiger partial charge in [-0.2, -0.15) is 0 Å². The van der Waals surface area contributed by atoms with E-state index >= 15 is 0 Å². The first-order valence-corrected chi connectivity index (χ1v) is 11.6. The Morgan fingerprint density at radius 1 is 1.27 bits per heavy atom. The zero-order chi connectivity index (χ0) is 21.1. The van der Waals surface area contributed by atoms with Crippen LogP contribution in [0.4, 0.5) is 0 Å². The molecular formula is C22H26N4O3S. The zero-order valence-electron chi connectivity index (χ0n) is 17.3. The molecule has 0 saturated heterocycles. The summed E-state index contributed by atoms with van der Waals surface area (Å²) in [6.07, 6.45) is 8.36. The topological polar surface area (TPSA) is 90.0 Å². The highest BCUT2D eigenvalue weighted by molar-refractivity contribution is 7.98. The number of carbonyl (C=O) groups excluding carboxylic acids is 1. The van der Waals surface area contributed by atoms with Crippen LogP contribution in [0.3, 0.4) is 0 Å². The predicted molar refractivity (Wildman–Crippen MR) is 117 cm³/mol. The van der Waals surface area contributed by atoms with Gasteiger partial charge >= 0.3 is 0 Å². The van der Waals surface area contributed by atoms with Gasteiger partial charge in [0.1, 0.15) is 11.4 Å². The Labute approximate surface area is 179 Å². The number of carbonyl (C=O) groups is 1. The number of hydrogen-bond acceptors (Lipinski definition) is 6. The number of benzene rings is 1. The fourth-order valence-electron chi connectivity index (χ4n) is 4.06. The molecule has 30 heavy (non-hydrogen) atoms. The molecule has 7 nitrogen and oxygen atoms in total. The van der Waals surface area contributed by atoms with Crippen LogP contribution < -0.4 is 10.7 Å². The molecule has 4 rings (SSSR count). The Kier molecular flexibility index (Phi) is 6.22. The highest BCUT2D eigenvalue weighted by Crippen LogP contribution is 2.33. The number of thioether (sulfide) groups is 1. The van der Waals surface area contributed by atoms with Crippen LogP contribution in [0.2, 0.25) is 0 Å². The van der Waals surface area contributed by atoms with E-state index in [0.717, 1.165) is 29.4 Å². The number of amides is 1. The van der Waals surface area contributed by atoms with E-state index in [1.807, 2.05) is 19.2 Å². The van der Waals surface area contributed by atoms with Crippen molar-refractivity contribution in [3.05, 3.63) is 51.6 Å². The predicted octanol–water partition coefficient (Wildman–Crippen LogP) is 3.89. The fourth-order valence-corrected chi connectivity index (χ4v) is 4.64. The van der Waals surface area contributed by atoms with Gasteiger partial charge in [0, 0.05) is 25.1 Å². The minimum Gasteiger partial charge on any atom is -0.451 e. The third-order valence-electron chi connectivity index (χ3n) is 5.58. The minimum absolute atomic E-state index is 0.0372. The largest absolute Gasteiger partial charge is 0.451 e. The van der Waals surface area contributed by atoms with Gasteiger partial charge in [-0.05, 0) is 44.6 Å². The molecule has 1 amide bonds. The van der Waals surface area contributed by atoms with Crippen molar-refractivity contribution in [1.29, 1.82) is 0 Å². The summed E-state index contributed by atoms with van der Waals surface area (Å²) in [5.74, 6) is 0.639. The van der Waals surface area contributed by atoms with E-state index in [1.165, 1.54) is 31.7 Å². The van der Waals surface area contributed by atoms with Crippen LogP contribution in [0.25, 0.3) is 11.0 Å². The lowest BCUT2D eigenvalue weighted by Gasteiger charge is -2.16. The van der Waals surface area contributed by atoms with E-state index in [2.05, 4.69) is 20.1 Å². The monoisotopic (exact) mass is 426 g/mol. The van der Waals surface area contributed by atoms with Gasteiger partial charge < -0.3 is 14.3 Å². The van der Waals surface area contributed by atoms with Gasteiger partial charge in [0.25, 0.3) is 5.91 Å². The molecule has 1 fully saturated rings. The third kappa shape index (κ3) is 4.28. The lowest BCUT2D eigenvalue weighted by atomic mass is 10.1. The van der Waals surface area contributed by atoms with Crippen LogP contribution in [-0.2, 0) is 6.42 Å². The van der Waals surface area contributed by atoms with E-state index < -0.39 is 0 Å². The first-order valence-electron chi connectivity index (χ1n) is 10.4. The molecule has 0 unspecified atom stereocenters. The Morgan fingerprint density at radius 3 is 2.83 bits per heavy atom. The summed E-state index contributed by atoms with van der Waals surface area (Å²) in [4.78, 5) is 24.8. The molecule has 0 spiro atoms. The summed E-state index contributed by atoms with van der Waals surface area (Å²) in [6, 6.07) is 7.10. The Morgan fingerprint density at radius 2 is 2.07 bits per heavy atom. The maximum atomic E-state index is 12.5. The molecule has 1 aliphatic carbocycles. The average Bonchev–Trinajstić information content (AvgIpc) is 3.40. The molecule has 158 valence electrons.